The summed E-state index contributed by atoms with van der Waals surface area (Å²) in [5, 5.41) is 16.5. The summed E-state index contributed by atoms with van der Waals surface area (Å²) in [5.74, 6) is -3.30. The third-order valence-corrected chi connectivity index (χ3v) is 5.10. The summed E-state index contributed by atoms with van der Waals surface area (Å²) >= 11 is 0. The average molecular weight is 482 g/mol. The molecule has 3 aromatic rings. The molecular formula is C25H27N3O7. The first-order chi connectivity index (χ1) is 16.5. The van der Waals surface area contributed by atoms with Gasteiger partial charge >= 0.3 is 23.8 Å². The van der Waals surface area contributed by atoms with Crippen LogP contribution in [0.4, 0.5) is 5.69 Å². The van der Waals surface area contributed by atoms with Gasteiger partial charge in [0.1, 0.15) is 11.5 Å². The topological polar surface area (TPSA) is 137 Å². The molecule has 0 atom stereocenters. The van der Waals surface area contributed by atoms with E-state index in [0.29, 0.717) is 51.3 Å². The highest BCUT2D eigenvalue weighted by molar-refractivity contribution is 6.37. The Balaban J connectivity index is 1.94. The molecule has 10 heteroatoms. The Hall–Kier alpha value is -4.21. The van der Waals surface area contributed by atoms with E-state index in [0.717, 1.165) is 4.68 Å². The molecule has 1 heterocycles. The molecule has 0 aliphatic rings. The van der Waals surface area contributed by atoms with Crippen LogP contribution in [0, 0.1) is 19.8 Å². The smallest absolute Gasteiger partial charge is 0.397 e. The Kier molecular flexibility index (Phi) is 7.53. The summed E-state index contributed by atoms with van der Waals surface area (Å²) in [4.78, 5) is 46.9. The second-order valence-electron chi connectivity index (χ2n) is 8.46. The Bertz CT molecular complexity index is 1300. The summed E-state index contributed by atoms with van der Waals surface area (Å²) in [6, 6.07) is 8.30. The first-order valence-corrected chi connectivity index (χ1v) is 11.1. The summed E-state index contributed by atoms with van der Waals surface area (Å²) in [6.07, 6.45) is 0.548. The molecule has 0 aliphatic heterocycles. The van der Waals surface area contributed by atoms with Crippen LogP contribution in [0.25, 0.3) is 10.9 Å². The zero-order valence-electron chi connectivity index (χ0n) is 20.2. The number of aryl methyl sites for hydroxylation is 2. The molecule has 0 fully saturated rings. The molecule has 2 aromatic carbocycles. The largest absolute Gasteiger partial charge is 0.474 e. The first-order valence-electron chi connectivity index (χ1n) is 11.1. The Labute approximate surface area is 201 Å². The number of rotatable bonds is 6. The fourth-order valence-corrected chi connectivity index (χ4v) is 3.69. The van der Waals surface area contributed by atoms with Gasteiger partial charge in [-0.1, -0.05) is 13.8 Å². The highest BCUT2D eigenvalue weighted by atomic mass is 16.5. The van der Waals surface area contributed by atoms with Gasteiger partial charge in [-0.25, -0.2) is 9.59 Å². The van der Waals surface area contributed by atoms with E-state index in [4.69, 9.17) is 14.6 Å². The molecule has 0 aliphatic carbocycles. The number of fused-ring (bicyclic) bond motifs is 1. The summed E-state index contributed by atoms with van der Waals surface area (Å²) in [7, 11) is 0. The van der Waals surface area contributed by atoms with Gasteiger partial charge in [0.05, 0.1) is 17.8 Å². The number of hydrogen-bond donors (Lipinski definition) is 2. The molecule has 35 heavy (non-hydrogen) atoms. The van der Waals surface area contributed by atoms with Crippen LogP contribution in [-0.4, -0.2) is 45.2 Å². The monoisotopic (exact) mass is 481 g/mol. The minimum absolute atomic E-state index is 0.101. The Morgan fingerprint density at radius 2 is 1.74 bits per heavy atom. The second kappa shape index (κ2) is 10.4. The van der Waals surface area contributed by atoms with E-state index in [1.807, 2.05) is 13.8 Å². The predicted molar refractivity (Wildman–Crippen MR) is 128 cm³/mol. The number of hydrogen-bond acceptors (Lipinski definition) is 7. The number of carbonyl (C=O) groups excluding carboxylic acids is 3. The molecule has 2 N–H and O–H groups in total. The van der Waals surface area contributed by atoms with Gasteiger partial charge in [-0.2, -0.15) is 9.78 Å². The number of carbonyl (C=O) groups is 4. The number of benzene rings is 2. The van der Waals surface area contributed by atoms with Gasteiger partial charge in [-0.3, -0.25) is 9.59 Å². The van der Waals surface area contributed by atoms with Gasteiger partial charge in [0.25, 0.3) is 0 Å². The standard InChI is InChI=1S/C25H27N3O7/c1-6-34-25(33)22(29)26-16-10-14(4)21(15(5)11-16)35-17-7-8-20-18(12-17)19(9-13(2)3)27-28(20)23(30)24(31)32/h7-8,10-13H,6,9H2,1-5H3,(H,26,29)(H,31,32). The fraction of sp³-hybridized carbons (Fsp3) is 0.320. The highest BCUT2D eigenvalue weighted by Crippen LogP contribution is 2.34. The lowest BCUT2D eigenvalue weighted by Crippen LogP contribution is -2.25. The highest BCUT2D eigenvalue weighted by Gasteiger charge is 2.22. The van der Waals surface area contributed by atoms with Crippen molar-refractivity contribution in [3.8, 4) is 11.5 Å². The first kappa shape index (κ1) is 25.4. The van der Waals surface area contributed by atoms with Gasteiger partial charge < -0.3 is 19.9 Å². The van der Waals surface area contributed by atoms with Gasteiger partial charge in [0.2, 0.25) is 0 Å². The number of carboxylic acids is 1. The number of nitrogens with zero attached hydrogens (tertiary/aromatic N) is 2. The quantitative estimate of drug-likeness (QED) is 0.400. The summed E-state index contributed by atoms with van der Waals surface area (Å²) in [6.45, 7) is 9.31. The van der Waals surface area contributed by atoms with Crippen LogP contribution in [-0.2, 0) is 25.5 Å². The predicted octanol–water partition coefficient (Wildman–Crippen LogP) is 3.87. The lowest BCUT2D eigenvalue weighted by molar-refractivity contribution is -0.152. The maximum Gasteiger partial charge on any atom is 0.397 e. The van der Waals surface area contributed by atoms with Crippen LogP contribution in [0.5, 0.6) is 11.5 Å². The van der Waals surface area contributed by atoms with Crippen LogP contribution in [0.1, 0.15) is 42.4 Å². The van der Waals surface area contributed by atoms with Crippen molar-refractivity contribution >= 4 is 40.3 Å². The van der Waals surface area contributed by atoms with Crippen LogP contribution >= 0.6 is 0 Å². The maximum absolute atomic E-state index is 12.1. The number of esters is 1. The lowest BCUT2D eigenvalue weighted by Gasteiger charge is -2.14. The van der Waals surface area contributed by atoms with Crippen molar-refractivity contribution in [2.24, 2.45) is 5.92 Å². The molecular weight excluding hydrogens is 454 g/mol. The molecule has 0 saturated heterocycles. The van der Waals surface area contributed by atoms with Crippen molar-refractivity contribution in [3.05, 3.63) is 47.2 Å². The van der Waals surface area contributed by atoms with Gasteiger partial charge in [0, 0.05) is 11.1 Å². The Morgan fingerprint density at radius 1 is 1.09 bits per heavy atom. The number of nitrogens with one attached hydrogen (secondary N) is 1. The molecule has 0 unspecified atom stereocenters. The van der Waals surface area contributed by atoms with E-state index in [2.05, 4.69) is 10.4 Å². The number of ether oxygens (including phenoxy) is 2. The van der Waals surface area contributed by atoms with Gasteiger partial charge in [-0.05, 0) is 74.6 Å². The summed E-state index contributed by atoms with van der Waals surface area (Å²) < 4.78 is 11.7. The van der Waals surface area contributed by atoms with Crippen LogP contribution in [0.3, 0.4) is 0 Å². The molecule has 10 nitrogen and oxygen atoms in total. The average Bonchev–Trinajstić information content (AvgIpc) is 3.12. The zero-order chi connectivity index (χ0) is 25.9. The van der Waals surface area contributed by atoms with Crippen molar-refractivity contribution in [2.45, 2.75) is 41.0 Å². The minimum Gasteiger partial charge on any atom is -0.474 e. The number of anilines is 1. The lowest BCUT2D eigenvalue weighted by atomic mass is 10.0. The number of aromatic nitrogens is 2. The zero-order valence-corrected chi connectivity index (χ0v) is 20.2. The molecule has 3 rings (SSSR count). The molecule has 0 saturated carbocycles. The molecule has 0 bridgehead atoms. The normalized spacial score (nSPS) is 10.9. The van der Waals surface area contributed by atoms with E-state index in [-0.39, 0.29) is 12.5 Å². The van der Waals surface area contributed by atoms with Crippen molar-refractivity contribution in [1.29, 1.82) is 0 Å². The third-order valence-electron chi connectivity index (χ3n) is 5.10. The van der Waals surface area contributed by atoms with E-state index in [1.165, 1.54) is 0 Å². The number of amides is 1. The number of aliphatic carboxylic acids is 1. The van der Waals surface area contributed by atoms with Crippen LogP contribution < -0.4 is 10.1 Å². The van der Waals surface area contributed by atoms with Crippen LogP contribution in [0.2, 0.25) is 0 Å². The van der Waals surface area contributed by atoms with Crippen molar-refractivity contribution in [3.63, 3.8) is 0 Å². The van der Waals surface area contributed by atoms with E-state index in [9.17, 15) is 19.2 Å². The maximum atomic E-state index is 12.1. The minimum atomic E-state index is -1.59. The summed E-state index contributed by atoms with van der Waals surface area (Å²) in [5.41, 5.74) is 2.83. The van der Waals surface area contributed by atoms with Crippen molar-refractivity contribution in [2.75, 3.05) is 11.9 Å². The Morgan fingerprint density at radius 3 is 2.31 bits per heavy atom. The molecule has 0 spiro atoms. The van der Waals surface area contributed by atoms with E-state index >= 15 is 0 Å². The molecule has 184 valence electrons. The SMILES string of the molecule is CCOC(=O)C(=O)Nc1cc(C)c(Oc2ccc3c(c2)c(CC(C)C)nn3C(=O)C(=O)O)c(C)c1. The van der Waals surface area contributed by atoms with Gasteiger partial charge in [-0.15, -0.1) is 0 Å². The van der Waals surface area contributed by atoms with Crippen molar-refractivity contribution < 1.29 is 33.8 Å². The molecule has 1 amide bonds. The van der Waals surface area contributed by atoms with Crippen LogP contribution in [0.15, 0.2) is 30.3 Å². The van der Waals surface area contributed by atoms with E-state index < -0.39 is 23.8 Å². The van der Waals surface area contributed by atoms with E-state index in [1.54, 1.807) is 51.1 Å². The number of carboxylic acid groups (broad SMARTS) is 1. The molecule has 1 aromatic heterocycles. The van der Waals surface area contributed by atoms with Gasteiger partial charge in [0.15, 0.2) is 0 Å². The van der Waals surface area contributed by atoms with Crippen molar-refractivity contribution in [1.82, 2.24) is 9.78 Å². The molecule has 0 radical (unpaired) electrons. The fourth-order valence-electron chi connectivity index (χ4n) is 3.69. The third kappa shape index (κ3) is 5.65. The second-order valence-corrected chi connectivity index (χ2v) is 8.46.